The highest BCUT2D eigenvalue weighted by molar-refractivity contribution is 9.10. The van der Waals surface area contributed by atoms with E-state index in [9.17, 15) is 4.79 Å². The smallest absolute Gasteiger partial charge is 0.239 e. The lowest BCUT2D eigenvalue weighted by Crippen LogP contribution is -2.47. The van der Waals surface area contributed by atoms with Crippen LogP contribution in [-0.2, 0) is 18.4 Å². The fraction of sp³-hybridized carbons (Fsp3) is 0.667. The third-order valence-electron chi connectivity index (χ3n) is 4.17. The summed E-state index contributed by atoms with van der Waals surface area (Å²) < 4.78 is 3.18. The molecule has 1 saturated heterocycles. The Morgan fingerprint density at radius 2 is 2.05 bits per heavy atom. The largest absolute Gasteiger partial charge is 0.352 e. The van der Waals surface area contributed by atoms with E-state index in [4.69, 9.17) is 0 Å². The number of rotatable bonds is 4. The maximum Gasteiger partial charge on any atom is 0.239 e. The zero-order valence-corrected chi connectivity index (χ0v) is 14.2. The lowest BCUT2D eigenvalue weighted by Gasteiger charge is -2.32. The summed E-state index contributed by atoms with van der Waals surface area (Å²) in [5, 5.41) is 0. The quantitative estimate of drug-likeness (QED) is 0.842. The highest BCUT2D eigenvalue weighted by atomic mass is 79.9. The van der Waals surface area contributed by atoms with Gasteiger partial charge < -0.3 is 9.47 Å². The van der Waals surface area contributed by atoms with E-state index in [2.05, 4.69) is 31.5 Å². The molecule has 4 nitrogen and oxygen atoms in total. The first-order chi connectivity index (χ1) is 9.49. The minimum Gasteiger partial charge on any atom is -0.352 e. The Balaban J connectivity index is 1.95. The molecule has 20 heavy (non-hydrogen) atoms. The minimum absolute atomic E-state index is 0.0678. The van der Waals surface area contributed by atoms with Crippen LogP contribution in [0, 0.1) is 0 Å². The molecule has 1 amide bonds. The molecule has 0 unspecified atom stereocenters. The van der Waals surface area contributed by atoms with Gasteiger partial charge in [0.25, 0.3) is 0 Å². The van der Waals surface area contributed by atoms with Crippen molar-refractivity contribution in [3.8, 4) is 0 Å². The Labute approximate surface area is 129 Å². The SMILES string of the molecule is C[C@H](C(=O)N1CCCCC1)N(C)Cc1cc(Br)cn1C. The molecule has 5 heteroatoms. The fourth-order valence-electron chi connectivity index (χ4n) is 2.68. The van der Waals surface area contributed by atoms with Crippen molar-refractivity contribution in [3.63, 3.8) is 0 Å². The summed E-state index contributed by atoms with van der Waals surface area (Å²) in [5.41, 5.74) is 1.21. The van der Waals surface area contributed by atoms with Gasteiger partial charge in [-0.1, -0.05) is 0 Å². The number of hydrogen-bond donors (Lipinski definition) is 0. The topological polar surface area (TPSA) is 28.5 Å². The van der Waals surface area contributed by atoms with Gasteiger partial charge in [0.1, 0.15) is 0 Å². The molecule has 0 radical (unpaired) electrons. The number of nitrogens with zero attached hydrogens (tertiary/aromatic N) is 3. The second-order valence-corrected chi connectivity index (χ2v) is 6.65. The Morgan fingerprint density at radius 3 is 2.60 bits per heavy atom. The molecule has 0 N–H and O–H groups in total. The van der Waals surface area contributed by atoms with Crippen molar-refractivity contribution >= 4 is 21.8 Å². The Hall–Kier alpha value is -0.810. The van der Waals surface area contributed by atoms with Gasteiger partial charge in [-0.25, -0.2) is 0 Å². The molecule has 1 aromatic heterocycles. The molecule has 1 fully saturated rings. The van der Waals surface area contributed by atoms with Crippen LogP contribution in [0.25, 0.3) is 0 Å². The third-order valence-corrected chi connectivity index (χ3v) is 4.61. The van der Waals surface area contributed by atoms with E-state index in [1.165, 1.54) is 12.1 Å². The number of aryl methyl sites for hydroxylation is 1. The Bertz CT molecular complexity index is 466. The van der Waals surface area contributed by atoms with Crippen LogP contribution in [0.2, 0.25) is 0 Å². The van der Waals surface area contributed by atoms with Gasteiger partial charge in [-0.15, -0.1) is 0 Å². The molecule has 0 aliphatic carbocycles. The molecule has 0 bridgehead atoms. The highest BCUT2D eigenvalue weighted by Crippen LogP contribution is 2.17. The molecular formula is C15H24BrN3O. The molecule has 1 atom stereocenters. The number of halogens is 1. The molecule has 0 saturated carbocycles. The van der Waals surface area contributed by atoms with Crippen LogP contribution in [-0.4, -0.2) is 46.5 Å². The summed E-state index contributed by atoms with van der Waals surface area (Å²) >= 11 is 3.49. The predicted octanol–water partition coefficient (Wildman–Crippen LogP) is 2.62. The molecule has 2 rings (SSSR count). The summed E-state index contributed by atoms with van der Waals surface area (Å²) in [6.45, 7) is 4.64. The molecule has 2 heterocycles. The summed E-state index contributed by atoms with van der Waals surface area (Å²) in [6, 6.07) is 2.04. The van der Waals surface area contributed by atoms with Crippen LogP contribution in [0.4, 0.5) is 0 Å². The molecule has 1 aliphatic rings. The first kappa shape index (κ1) is 15.6. The standard InChI is InChI=1S/C15H24BrN3O/c1-12(15(20)19-7-5-4-6-8-19)17(2)11-14-9-13(16)10-18(14)3/h9-10,12H,4-8,11H2,1-3H3/t12-/m1/s1. The van der Waals surface area contributed by atoms with Crippen molar-refractivity contribution < 1.29 is 4.79 Å². The summed E-state index contributed by atoms with van der Waals surface area (Å²) in [4.78, 5) is 16.6. The summed E-state index contributed by atoms with van der Waals surface area (Å²) in [6.07, 6.45) is 5.59. The first-order valence-electron chi connectivity index (χ1n) is 7.29. The minimum atomic E-state index is -0.0678. The van der Waals surface area contributed by atoms with Crippen LogP contribution in [0.1, 0.15) is 31.9 Å². The van der Waals surface area contributed by atoms with Crippen LogP contribution < -0.4 is 0 Å². The molecule has 1 aromatic rings. The lowest BCUT2D eigenvalue weighted by atomic mass is 10.1. The van der Waals surface area contributed by atoms with Gasteiger partial charge in [0.15, 0.2) is 0 Å². The van der Waals surface area contributed by atoms with Crippen LogP contribution in [0.5, 0.6) is 0 Å². The average molecular weight is 342 g/mol. The first-order valence-corrected chi connectivity index (χ1v) is 8.08. The van der Waals surface area contributed by atoms with E-state index < -0.39 is 0 Å². The van der Waals surface area contributed by atoms with Crippen molar-refractivity contribution in [2.75, 3.05) is 20.1 Å². The zero-order chi connectivity index (χ0) is 14.7. The molecule has 112 valence electrons. The van der Waals surface area contributed by atoms with Crippen molar-refractivity contribution in [2.24, 2.45) is 7.05 Å². The van der Waals surface area contributed by atoms with Crippen molar-refractivity contribution in [2.45, 2.75) is 38.8 Å². The molecule has 0 aromatic carbocycles. The predicted molar refractivity (Wildman–Crippen MR) is 84.5 cm³/mol. The number of likely N-dealkylation sites (N-methyl/N-ethyl adjacent to an activating group) is 1. The van der Waals surface area contributed by atoms with Crippen molar-refractivity contribution in [3.05, 3.63) is 22.4 Å². The molecule has 1 aliphatic heterocycles. The number of carbonyl (C=O) groups excluding carboxylic acids is 1. The van der Waals surface area contributed by atoms with E-state index in [0.29, 0.717) is 0 Å². The monoisotopic (exact) mass is 341 g/mol. The highest BCUT2D eigenvalue weighted by Gasteiger charge is 2.25. The average Bonchev–Trinajstić information content (AvgIpc) is 2.76. The van der Waals surface area contributed by atoms with Gasteiger partial charge in [0.2, 0.25) is 5.91 Å². The fourth-order valence-corrected chi connectivity index (χ4v) is 3.25. The van der Waals surface area contributed by atoms with Crippen molar-refractivity contribution in [1.29, 1.82) is 0 Å². The van der Waals surface area contributed by atoms with E-state index in [1.54, 1.807) is 0 Å². The summed E-state index contributed by atoms with van der Waals surface area (Å²) in [7, 11) is 4.05. The third kappa shape index (κ3) is 3.64. The van der Waals surface area contributed by atoms with Crippen LogP contribution in [0.3, 0.4) is 0 Å². The lowest BCUT2D eigenvalue weighted by molar-refractivity contribution is -0.137. The Kier molecular flexibility index (Phi) is 5.27. The maximum absolute atomic E-state index is 12.5. The van der Waals surface area contributed by atoms with E-state index >= 15 is 0 Å². The maximum atomic E-state index is 12.5. The second kappa shape index (κ2) is 6.76. The van der Waals surface area contributed by atoms with E-state index in [0.717, 1.165) is 36.9 Å². The Morgan fingerprint density at radius 1 is 1.40 bits per heavy atom. The van der Waals surface area contributed by atoms with E-state index in [-0.39, 0.29) is 11.9 Å². The van der Waals surface area contributed by atoms with Crippen molar-refractivity contribution in [1.82, 2.24) is 14.4 Å². The number of piperidine rings is 1. The van der Waals surface area contributed by atoms with E-state index in [1.807, 2.05) is 32.1 Å². The number of aromatic nitrogens is 1. The second-order valence-electron chi connectivity index (χ2n) is 5.74. The number of amides is 1. The van der Waals surface area contributed by atoms with Gasteiger partial charge in [-0.05, 0) is 55.2 Å². The van der Waals surface area contributed by atoms with Gasteiger partial charge in [-0.3, -0.25) is 9.69 Å². The van der Waals surface area contributed by atoms with Gasteiger partial charge in [0, 0.05) is 43.0 Å². The number of carbonyl (C=O) groups is 1. The zero-order valence-electron chi connectivity index (χ0n) is 12.6. The van der Waals surface area contributed by atoms with Gasteiger partial charge in [0.05, 0.1) is 6.04 Å². The van der Waals surface area contributed by atoms with Gasteiger partial charge >= 0.3 is 0 Å². The van der Waals surface area contributed by atoms with Gasteiger partial charge in [-0.2, -0.15) is 0 Å². The molecule has 0 spiro atoms. The summed E-state index contributed by atoms with van der Waals surface area (Å²) in [5.74, 6) is 0.264. The molecular weight excluding hydrogens is 318 g/mol. The van der Waals surface area contributed by atoms with Crippen LogP contribution in [0.15, 0.2) is 16.7 Å². The number of likely N-dealkylation sites (tertiary alicyclic amines) is 1. The normalized spacial score (nSPS) is 17.6. The van der Waals surface area contributed by atoms with Crippen LogP contribution >= 0.6 is 15.9 Å². The number of hydrogen-bond acceptors (Lipinski definition) is 2.